The second-order valence-corrected chi connectivity index (χ2v) is 8.01. The van der Waals surface area contributed by atoms with Crippen LogP contribution in [-0.4, -0.2) is 18.7 Å². The first kappa shape index (κ1) is 15.5. The third kappa shape index (κ3) is 2.45. The molecular weight excluding hydrogens is 437 g/mol. The standard InChI is InChI=1S/C15H9ClINO3S/c16-11-3-1-4-12(7-11)22(20,21)18-8-10(9-19)15-13(17)5-2-6-14(15)18/h1-9H. The van der Waals surface area contributed by atoms with E-state index >= 15 is 0 Å². The number of carbonyl (C=O) groups is 1. The van der Waals surface area contributed by atoms with Crippen molar-refractivity contribution in [3.05, 3.63) is 62.8 Å². The van der Waals surface area contributed by atoms with Crippen LogP contribution in [-0.2, 0) is 10.0 Å². The van der Waals surface area contributed by atoms with Crippen molar-refractivity contribution in [1.82, 2.24) is 3.97 Å². The number of hydrogen-bond donors (Lipinski definition) is 0. The molecule has 3 aromatic rings. The molecule has 0 N–H and O–H groups in total. The number of aromatic nitrogens is 1. The van der Waals surface area contributed by atoms with E-state index in [4.69, 9.17) is 11.6 Å². The van der Waals surface area contributed by atoms with Crippen LogP contribution in [0.25, 0.3) is 10.9 Å². The minimum atomic E-state index is -3.82. The maximum absolute atomic E-state index is 12.8. The molecule has 0 fully saturated rings. The first-order valence-electron chi connectivity index (χ1n) is 6.21. The molecule has 0 aliphatic heterocycles. The molecule has 0 saturated heterocycles. The lowest BCUT2D eigenvalue weighted by molar-refractivity contribution is 0.112. The fourth-order valence-corrected chi connectivity index (χ4v) is 4.74. The smallest absolute Gasteiger partial charge is 0.268 e. The molecule has 7 heteroatoms. The first-order chi connectivity index (χ1) is 10.4. The van der Waals surface area contributed by atoms with Crippen molar-refractivity contribution < 1.29 is 13.2 Å². The van der Waals surface area contributed by atoms with Gasteiger partial charge in [0.25, 0.3) is 10.0 Å². The lowest BCUT2D eigenvalue weighted by atomic mass is 10.2. The Hall–Kier alpha value is -1.38. The van der Waals surface area contributed by atoms with E-state index in [-0.39, 0.29) is 4.90 Å². The molecule has 2 aromatic carbocycles. The molecule has 4 nitrogen and oxygen atoms in total. The number of aldehydes is 1. The van der Waals surface area contributed by atoms with E-state index in [1.54, 1.807) is 24.3 Å². The second-order valence-electron chi connectivity index (χ2n) is 4.59. The second kappa shape index (κ2) is 5.68. The average Bonchev–Trinajstić information content (AvgIpc) is 2.88. The third-order valence-corrected chi connectivity index (χ3v) is 6.06. The van der Waals surface area contributed by atoms with Crippen LogP contribution < -0.4 is 0 Å². The van der Waals surface area contributed by atoms with Gasteiger partial charge in [-0.05, 0) is 52.9 Å². The molecule has 0 bridgehead atoms. The van der Waals surface area contributed by atoms with E-state index in [0.717, 1.165) is 7.54 Å². The van der Waals surface area contributed by atoms with Gasteiger partial charge in [0.1, 0.15) is 0 Å². The van der Waals surface area contributed by atoms with Gasteiger partial charge in [-0.1, -0.05) is 23.7 Å². The van der Waals surface area contributed by atoms with Crippen LogP contribution >= 0.6 is 34.2 Å². The van der Waals surface area contributed by atoms with Crippen molar-refractivity contribution >= 4 is 61.4 Å². The van der Waals surface area contributed by atoms with Crippen molar-refractivity contribution in [2.24, 2.45) is 0 Å². The van der Waals surface area contributed by atoms with Crippen LogP contribution in [0.2, 0.25) is 5.02 Å². The summed E-state index contributed by atoms with van der Waals surface area (Å²) in [5.74, 6) is 0. The number of nitrogens with zero attached hydrogens (tertiary/aromatic N) is 1. The van der Waals surface area contributed by atoms with Crippen molar-refractivity contribution in [1.29, 1.82) is 0 Å². The molecule has 0 aliphatic carbocycles. The number of carbonyl (C=O) groups excluding carboxylic acids is 1. The zero-order valence-corrected chi connectivity index (χ0v) is 14.8. The molecule has 0 atom stereocenters. The summed E-state index contributed by atoms with van der Waals surface area (Å²) in [5.41, 5.74) is 0.805. The molecular formula is C15H9ClINO3S. The SMILES string of the molecule is O=Cc1cn(S(=O)(=O)c2cccc(Cl)c2)c2cccc(I)c12. The van der Waals surface area contributed by atoms with E-state index in [0.29, 0.717) is 27.8 Å². The van der Waals surface area contributed by atoms with Crippen LogP contribution in [0, 0.1) is 3.57 Å². The summed E-state index contributed by atoms with van der Waals surface area (Å²) in [7, 11) is -3.82. The zero-order valence-electron chi connectivity index (χ0n) is 11.0. The van der Waals surface area contributed by atoms with Gasteiger partial charge in [-0.3, -0.25) is 4.79 Å². The van der Waals surface area contributed by atoms with Gasteiger partial charge in [0.15, 0.2) is 6.29 Å². The van der Waals surface area contributed by atoms with Gasteiger partial charge in [0, 0.05) is 25.7 Å². The minimum absolute atomic E-state index is 0.0770. The predicted octanol–water partition coefficient (Wildman–Crippen LogP) is 3.95. The number of halogens is 2. The van der Waals surface area contributed by atoms with E-state index in [1.165, 1.54) is 18.3 Å². The molecule has 0 unspecified atom stereocenters. The summed E-state index contributed by atoms with van der Waals surface area (Å²) in [6.07, 6.45) is 2.00. The van der Waals surface area contributed by atoms with Gasteiger partial charge >= 0.3 is 0 Å². The van der Waals surface area contributed by atoms with Crippen molar-refractivity contribution in [2.45, 2.75) is 4.90 Å². The normalized spacial score (nSPS) is 11.7. The van der Waals surface area contributed by atoms with Gasteiger partial charge in [-0.2, -0.15) is 0 Å². The van der Waals surface area contributed by atoms with E-state index in [9.17, 15) is 13.2 Å². The van der Waals surface area contributed by atoms with Crippen LogP contribution in [0.4, 0.5) is 0 Å². The molecule has 0 aliphatic rings. The molecule has 3 rings (SSSR count). The molecule has 0 spiro atoms. The highest BCUT2D eigenvalue weighted by atomic mass is 127. The molecule has 22 heavy (non-hydrogen) atoms. The minimum Gasteiger partial charge on any atom is -0.298 e. The molecule has 0 radical (unpaired) electrons. The number of benzene rings is 2. The molecule has 0 amide bonds. The monoisotopic (exact) mass is 445 g/mol. The fourth-order valence-electron chi connectivity index (χ4n) is 2.27. The van der Waals surface area contributed by atoms with Crippen molar-refractivity contribution in [2.75, 3.05) is 0 Å². The molecule has 1 heterocycles. The number of fused-ring (bicyclic) bond motifs is 1. The lowest BCUT2D eigenvalue weighted by Gasteiger charge is -2.08. The van der Waals surface area contributed by atoms with Crippen molar-refractivity contribution in [3.63, 3.8) is 0 Å². The topological polar surface area (TPSA) is 56.1 Å². The lowest BCUT2D eigenvalue weighted by Crippen LogP contribution is -2.11. The maximum atomic E-state index is 12.8. The van der Waals surface area contributed by atoms with Gasteiger partial charge in [0.2, 0.25) is 0 Å². The fraction of sp³-hybridized carbons (Fsp3) is 0. The summed E-state index contributed by atoms with van der Waals surface area (Å²) in [6, 6.07) is 11.3. The Morgan fingerprint density at radius 3 is 2.55 bits per heavy atom. The number of rotatable bonds is 3. The molecule has 112 valence electrons. The van der Waals surface area contributed by atoms with E-state index in [1.807, 2.05) is 6.07 Å². The Morgan fingerprint density at radius 1 is 1.14 bits per heavy atom. The summed E-state index contributed by atoms with van der Waals surface area (Å²) in [6.45, 7) is 0. The predicted molar refractivity (Wildman–Crippen MR) is 94.1 cm³/mol. The summed E-state index contributed by atoms with van der Waals surface area (Å²) in [5, 5.41) is 0.964. The van der Waals surface area contributed by atoms with E-state index < -0.39 is 10.0 Å². The zero-order chi connectivity index (χ0) is 15.9. The summed E-state index contributed by atoms with van der Waals surface area (Å²) in [4.78, 5) is 11.3. The largest absolute Gasteiger partial charge is 0.298 e. The van der Waals surface area contributed by atoms with E-state index in [2.05, 4.69) is 22.6 Å². The Labute approximate surface area is 145 Å². The van der Waals surface area contributed by atoms with Gasteiger partial charge in [-0.15, -0.1) is 0 Å². The Bertz CT molecular complexity index is 995. The third-order valence-electron chi connectivity index (χ3n) is 3.25. The Kier molecular flexibility index (Phi) is 4.00. The van der Waals surface area contributed by atoms with Crippen LogP contribution in [0.1, 0.15) is 10.4 Å². The van der Waals surface area contributed by atoms with Gasteiger partial charge in [0.05, 0.1) is 10.4 Å². The average molecular weight is 446 g/mol. The number of hydrogen-bond acceptors (Lipinski definition) is 3. The quantitative estimate of drug-likeness (QED) is 0.453. The maximum Gasteiger partial charge on any atom is 0.268 e. The highest BCUT2D eigenvalue weighted by Gasteiger charge is 2.22. The summed E-state index contributed by atoms with van der Waals surface area (Å²) >= 11 is 7.96. The van der Waals surface area contributed by atoms with Crippen LogP contribution in [0.3, 0.4) is 0 Å². The Morgan fingerprint density at radius 2 is 1.86 bits per heavy atom. The van der Waals surface area contributed by atoms with Gasteiger partial charge < -0.3 is 0 Å². The summed E-state index contributed by atoms with van der Waals surface area (Å²) < 4.78 is 27.6. The van der Waals surface area contributed by atoms with Crippen LogP contribution in [0.15, 0.2) is 53.6 Å². The van der Waals surface area contributed by atoms with Crippen LogP contribution in [0.5, 0.6) is 0 Å². The molecule has 0 saturated carbocycles. The first-order valence-corrected chi connectivity index (χ1v) is 9.11. The highest BCUT2D eigenvalue weighted by molar-refractivity contribution is 14.1. The highest BCUT2D eigenvalue weighted by Crippen LogP contribution is 2.29. The molecule has 1 aromatic heterocycles. The van der Waals surface area contributed by atoms with Crippen molar-refractivity contribution in [3.8, 4) is 0 Å². The Balaban J connectivity index is 2.35. The van der Waals surface area contributed by atoms with Gasteiger partial charge in [-0.25, -0.2) is 12.4 Å².